The molecule has 184 valence electrons. The van der Waals surface area contributed by atoms with Crippen molar-refractivity contribution in [2.24, 2.45) is 0 Å². The average Bonchev–Trinajstić information content (AvgIpc) is 3.37. The largest absolute Gasteiger partial charge is 0.379 e. The molecule has 1 amide bonds. The van der Waals surface area contributed by atoms with E-state index in [-0.39, 0.29) is 23.3 Å². The van der Waals surface area contributed by atoms with Crippen molar-refractivity contribution in [3.8, 4) is 0 Å². The van der Waals surface area contributed by atoms with Crippen LogP contribution in [0.2, 0.25) is 0 Å². The average molecular weight is 480 g/mol. The lowest BCUT2D eigenvalue weighted by Gasteiger charge is -2.36. The molecule has 8 nitrogen and oxygen atoms in total. The fourth-order valence-electron chi connectivity index (χ4n) is 4.74. The number of anilines is 1. The third-order valence-corrected chi connectivity index (χ3v) is 6.80. The van der Waals surface area contributed by atoms with E-state index in [1.54, 1.807) is 12.1 Å². The first-order valence-electron chi connectivity index (χ1n) is 12.2. The van der Waals surface area contributed by atoms with E-state index in [9.17, 15) is 14.0 Å². The van der Waals surface area contributed by atoms with Gasteiger partial charge >= 0.3 is 0 Å². The minimum Gasteiger partial charge on any atom is -0.379 e. The number of carbonyl (C=O) groups is 1. The molecule has 0 bridgehead atoms. The van der Waals surface area contributed by atoms with Crippen LogP contribution in [-0.2, 0) is 17.7 Å². The van der Waals surface area contributed by atoms with Crippen LogP contribution in [0.4, 0.5) is 10.1 Å². The summed E-state index contributed by atoms with van der Waals surface area (Å²) >= 11 is 0. The Hall–Kier alpha value is -3.30. The van der Waals surface area contributed by atoms with E-state index in [1.165, 1.54) is 6.07 Å². The van der Waals surface area contributed by atoms with Gasteiger partial charge in [0.1, 0.15) is 5.82 Å². The van der Waals surface area contributed by atoms with Crippen molar-refractivity contribution < 1.29 is 13.9 Å². The summed E-state index contributed by atoms with van der Waals surface area (Å²) < 4.78 is 20.2. The molecule has 2 fully saturated rings. The molecule has 1 unspecified atom stereocenters. The molecule has 0 radical (unpaired) electrons. The number of hydrogen-bond acceptors (Lipinski definition) is 6. The maximum absolute atomic E-state index is 14.9. The van der Waals surface area contributed by atoms with Gasteiger partial charge in [-0.2, -0.15) is 0 Å². The number of aryl methyl sites for hydroxylation is 1. The predicted molar refractivity (Wildman–Crippen MR) is 132 cm³/mol. The highest BCUT2D eigenvalue weighted by Crippen LogP contribution is 2.23. The van der Waals surface area contributed by atoms with Crippen LogP contribution in [0.15, 0.2) is 41.3 Å². The molecular weight excluding hydrogens is 449 g/mol. The molecule has 2 saturated heterocycles. The molecule has 2 aliphatic rings. The Balaban J connectivity index is 1.19. The smallest absolute Gasteiger partial charge is 0.251 e. The second kappa shape index (κ2) is 10.1. The summed E-state index contributed by atoms with van der Waals surface area (Å²) in [6.45, 7) is 6.71. The van der Waals surface area contributed by atoms with Gasteiger partial charge in [0.15, 0.2) is 0 Å². The molecule has 35 heavy (non-hydrogen) atoms. The third kappa shape index (κ3) is 5.21. The van der Waals surface area contributed by atoms with E-state index in [0.717, 1.165) is 41.7 Å². The highest BCUT2D eigenvalue weighted by atomic mass is 19.1. The second-order valence-electron chi connectivity index (χ2n) is 9.22. The zero-order valence-electron chi connectivity index (χ0n) is 19.8. The van der Waals surface area contributed by atoms with Crippen molar-refractivity contribution in [1.82, 2.24) is 20.2 Å². The summed E-state index contributed by atoms with van der Waals surface area (Å²) in [4.78, 5) is 36.3. The normalized spacial score (nSPS) is 18.8. The molecule has 5 rings (SSSR count). The number of halogens is 1. The van der Waals surface area contributed by atoms with Gasteiger partial charge in [-0.1, -0.05) is 6.92 Å². The number of piperazine rings is 1. The standard InChI is InChI=1S/C26H30FN5O3/c1-2-18-13-22-23(30-25(18)33)11-17(14-28-22)15-31-6-8-32(9-7-31)24-4-3-19(12-21(24)27)26(34)29-20-5-10-35-16-20/h3-4,11-14,20H,2,5-10,15-16H2,1H3,(H,29,34)(H,30,33). The molecule has 4 heterocycles. The first-order valence-corrected chi connectivity index (χ1v) is 12.2. The number of ether oxygens (including phenoxy) is 1. The number of H-pyrrole nitrogens is 1. The van der Waals surface area contributed by atoms with E-state index in [2.05, 4.69) is 20.2 Å². The number of fused-ring (bicyclic) bond motifs is 1. The van der Waals surface area contributed by atoms with Crippen LogP contribution in [0, 0.1) is 5.82 Å². The lowest BCUT2D eigenvalue weighted by atomic mass is 10.1. The lowest BCUT2D eigenvalue weighted by molar-refractivity contribution is 0.0929. The molecule has 0 saturated carbocycles. The maximum Gasteiger partial charge on any atom is 0.251 e. The van der Waals surface area contributed by atoms with E-state index >= 15 is 0 Å². The molecular formula is C26H30FN5O3. The Morgan fingerprint density at radius 2 is 2.06 bits per heavy atom. The van der Waals surface area contributed by atoms with Crippen molar-refractivity contribution in [2.45, 2.75) is 32.4 Å². The van der Waals surface area contributed by atoms with Gasteiger partial charge < -0.3 is 19.9 Å². The van der Waals surface area contributed by atoms with Crippen molar-refractivity contribution >= 4 is 22.6 Å². The number of rotatable bonds is 6. The quantitative estimate of drug-likeness (QED) is 0.565. The monoisotopic (exact) mass is 479 g/mol. The Labute approximate surface area is 203 Å². The number of nitrogens with zero attached hydrogens (tertiary/aromatic N) is 3. The number of nitrogens with one attached hydrogen (secondary N) is 2. The van der Waals surface area contributed by atoms with Crippen molar-refractivity contribution in [2.75, 3.05) is 44.3 Å². The van der Waals surface area contributed by atoms with E-state index in [1.807, 2.05) is 30.2 Å². The molecule has 0 spiro atoms. The predicted octanol–water partition coefficient (Wildman–Crippen LogP) is 2.47. The number of benzene rings is 1. The van der Waals surface area contributed by atoms with Gasteiger partial charge in [-0.3, -0.25) is 19.5 Å². The maximum atomic E-state index is 14.9. The van der Waals surface area contributed by atoms with Gasteiger partial charge in [-0.15, -0.1) is 0 Å². The van der Waals surface area contributed by atoms with Gasteiger partial charge in [-0.25, -0.2) is 4.39 Å². The fourth-order valence-corrected chi connectivity index (χ4v) is 4.74. The molecule has 2 aromatic heterocycles. The Morgan fingerprint density at radius 3 is 2.77 bits per heavy atom. The first kappa shape index (κ1) is 23.4. The Morgan fingerprint density at radius 1 is 1.23 bits per heavy atom. The van der Waals surface area contributed by atoms with Crippen LogP contribution in [0.25, 0.3) is 11.0 Å². The number of aromatic nitrogens is 2. The highest BCUT2D eigenvalue weighted by Gasteiger charge is 2.22. The summed E-state index contributed by atoms with van der Waals surface area (Å²) in [5.41, 5.74) is 4.07. The number of carbonyl (C=O) groups excluding carboxylic acids is 1. The summed E-state index contributed by atoms with van der Waals surface area (Å²) in [6, 6.07) is 8.52. The lowest BCUT2D eigenvalue weighted by Crippen LogP contribution is -2.46. The molecule has 2 N–H and O–H groups in total. The zero-order valence-corrected chi connectivity index (χ0v) is 19.8. The van der Waals surface area contributed by atoms with Gasteiger partial charge in [0.2, 0.25) is 0 Å². The van der Waals surface area contributed by atoms with E-state index in [0.29, 0.717) is 50.5 Å². The topological polar surface area (TPSA) is 90.6 Å². The highest BCUT2D eigenvalue weighted by molar-refractivity contribution is 5.94. The number of pyridine rings is 2. The molecule has 0 aliphatic carbocycles. The summed E-state index contributed by atoms with van der Waals surface area (Å²) in [5, 5.41) is 2.89. The Bertz CT molecular complexity index is 1280. The van der Waals surface area contributed by atoms with Gasteiger partial charge in [0.05, 0.1) is 29.4 Å². The van der Waals surface area contributed by atoms with Crippen LogP contribution in [0.5, 0.6) is 0 Å². The van der Waals surface area contributed by atoms with Crippen LogP contribution in [0.3, 0.4) is 0 Å². The van der Waals surface area contributed by atoms with E-state index < -0.39 is 0 Å². The molecule has 1 aromatic carbocycles. The Kier molecular flexibility index (Phi) is 6.79. The molecule has 9 heteroatoms. The molecule has 1 atom stereocenters. The van der Waals surface area contributed by atoms with Gasteiger partial charge in [-0.05, 0) is 48.7 Å². The third-order valence-electron chi connectivity index (χ3n) is 6.80. The van der Waals surface area contributed by atoms with Crippen molar-refractivity contribution in [1.29, 1.82) is 0 Å². The summed E-state index contributed by atoms with van der Waals surface area (Å²) in [5.74, 6) is -0.657. The molecule has 2 aliphatic heterocycles. The van der Waals surface area contributed by atoms with Crippen LogP contribution < -0.4 is 15.8 Å². The van der Waals surface area contributed by atoms with Gasteiger partial charge in [0, 0.05) is 56.7 Å². The number of amides is 1. The van der Waals surface area contributed by atoms with Gasteiger partial charge in [0.25, 0.3) is 11.5 Å². The fraction of sp³-hybridized carbons (Fsp3) is 0.423. The summed E-state index contributed by atoms with van der Waals surface area (Å²) in [7, 11) is 0. The number of hydrogen-bond donors (Lipinski definition) is 2. The summed E-state index contributed by atoms with van der Waals surface area (Å²) in [6.07, 6.45) is 3.31. The minimum absolute atomic E-state index is 0.00909. The van der Waals surface area contributed by atoms with Crippen molar-refractivity contribution in [3.63, 3.8) is 0 Å². The second-order valence-corrected chi connectivity index (χ2v) is 9.22. The van der Waals surface area contributed by atoms with Crippen LogP contribution in [0.1, 0.15) is 34.8 Å². The first-order chi connectivity index (χ1) is 17.0. The number of aromatic amines is 1. The minimum atomic E-state index is -0.386. The van der Waals surface area contributed by atoms with Crippen LogP contribution >= 0.6 is 0 Å². The zero-order chi connectivity index (χ0) is 24.4. The van der Waals surface area contributed by atoms with Crippen molar-refractivity contribution in [3.05, 3.63) is 69.4 Å². The van der Waals surface area contributed by atoms with Crippen LogP contribution in [-0.4, -0.2) is 66.2 Å². The SMILES string of the molecule is CCc1cc2ncc(CN3CCN(c4ccc(C(=O)NC5CCOC5)cc4F)CC3)cc2[nH]c1=O. The molecule has 3 aromatic rings. The van der Waals surface area contributed by atoms with E-state index in [4.69, 9.17) is 4.74 Å².